The molecule has 0 unspecified atom stereocenters. The first-order valence-electron chi connectivity index (χ1n) is 6.03. The van der Waals surface area contributed by atoms with E-state index in [4.69, 9.17) is 0 Å². The number of aliphatic hydroxyl groups excluding tert-OH is 2. The Bertz CT molecular complexity index is 447. The molecule has 0 aliphatic heterocycles. The molecule has 0 aliphatic rings. The van der Waals surface area contributed by atoms with E-state index in [9.17, 15) is 19.4 Å². The SMILES string of the molecule is CCC(CO)(CO)NC(=O)/C=C/c1ccccc1F. The Balaban J connectivity index is 2.73. The molecule has 0 spiro atoms. The van der Waals surface area contributed by atoms with Gasteiger partial charge in [0.05, 0.1) is 18.8 Å². The molecular weight excluding hydrogens is 249 g/mol. The largest absolute Gasteiger partial charge is 0.394 e. The fourth-order valence-electron chi connectivity index (χ4n) is 1.52. The van der Waals surface area contributed by atoms with E-state index < -0.39 is 17.3 Å². The summed E-state index contributed by atoms with van der Waals surface area (Å²) in [5.41, 5.74) is -0.746. The van der Waals surface area contributed by atoms with Gasteiger partial charge in [-0.15, -0.1) is 0 Å². The van der Waals surface area contributed by atoms with E-state index in [1.165, 1.54) is 18.2 Å². The van der Waals surface area contributed by atoms with Crippen LogP contribution in [0.15, 0.2) is 30.3 Å². The van der Waals surface area contributed by atoms with Gasteiger partial charge in [-0.2, -0.15) is 0 Å². The van der Waals surface area contributed by atoms with Crippen molar-refractivity contribution in [3.63, 3.8) is 0 Å². The molecule has 1 amide bonds. The van der Waals surface area contributed by atoms with Crippen LogP contribution in [0.4, 0.5) is 4.39 Å². The smallest absolute Gasteiger partial charge is 0.244 e. The normalized spacial score (nSPS) is 11.8. The van der Waals surface area contributed by atoms with E-state index in [1.807, 2.05) is 0 Å². The van der Waals surface area contributed by atoms with E-state index in [0.717, 1.165) is 0 Å². The zero-order valence-corrected chi connectivity index (χ0v) is 10.8. The minimum absolute atomic E-state index is 0.299. The van der Waals surface area contributed by atoms with Crippen LogP contribution >= 0.6 is 0 Å². The van der Waals surface area contributed by atoms with Crippen LogP contribution in [0.2, 0.25) is 0 Å². The van der Waals surface area contributed by atoms with Gasteiger partial charge in [0, 0.05) is 11.6 Å². The molecule has 0 aliphatic carbocycles. The Kier molecular flexibility index (Phi) is 5.66. The maximum absolute atomic E-state index is 13.3. The van der Waals surface area contributed by atoms with Gasteiger partial charge in [-0.1, -0.05) is 25.1 Å². The third kappa shape index (κ3) is 4.15. The molecule has 1 aromatic rings. The summed E-state index contributed by atoms with van der Waals surface area (Å²) in [7, 11) is 0. The number of carbonyl (C=O) groups excluding carboxylic acids is 1. The van der Waals surface area contributed by atoms with Crippen LogP contribution in [-0.4, -0.2) is 34.9 Å². The van der Waals surface area contributed by atoms with Gasteiger partial charge in [-0.3, -0.25) is 4.79 Å². The maximum atomic E-state index is 13.3. The van der Waals surface area contributed by atoms with Crippen molar-refractivity contribution in [2.75, 3.05) is 13.2 Å². The lowest BCUT2D eigenvalue weighted by molar-refractivity contribution is -0.119. The van der Waals surface area contributed by atoms with Crippen LogP contribution in [0.5, 0.6) is 0 Å². The van der Waals surface area contributed by atoms with E-state index in [1.54, 1.807) is 25.1 Å². The molecule has 0 saturated heterocycles. The predicted octanol–water partition coefficient (Wildman–Crippen LogP) is 1.09. The Hall–Kier alpha value is -1.72. The van der Waals surface area contributed by atoms with Gasteiger partial charge < -0.3 is 15.5 Å². The lowest BCUT2D eigenvalue weighted by Crippen LogP contribution is -2.53. The summed E-state index contributed by atoms with van der Waals surface area (Å²) in [5.74, 6) is -0.911. The molecule has 0 fully saturated rings. The first kappa shape index (κ1) is 15.3. The Morgan fingerprint density at radius 2 is 2.00 bits per heavy atom. The highest BCUT2D eigenvalue weighted by Crippen LogP contribution is 2.10. The van der Waals surface area contributed by atoms with Crippen molar-refractivity contribution in [2.24, 2.45) is 0 Å². The second kappa shape index (κ2) is 7.01. The van der Waals surface area contributed by atoms with Crippen LogP contribution < -0.4 is 5.32 Å². The molecule has 0 atom stereocenters. The van der Waals surface area contributed by atoms with Crippen molar-refractivity contribution in [2.45, 2.75) is 18.9 Å². The average Bonchev–Trinajstić information content (AvgIpc) is 2.44. The third-order valence-electron chi connectivity index (χ3n) is 2.99. The fourth-order valence-corrected chi connectivity index (χ4v) is 1.52. The summed E-state index contributed by atoms with van der Waals surface area (Å²) in [6.45, 7) is 1.02. The molecule has 104 valence electrons. The lowest BCUT2D eigenvalue weighted by atomic mass is 9.98. The van der Waals surface area contributed by atoms with Crippen molar-refractivity contribution in [3.8, 4) is 0 Å². The molecule has 0 bridgehead atoms. The van der Waals surface area contributed by atoms with Gasteiger partial charge in [0.2, 0.25) is 5.91 Å². The van der Waals surface area contributed by atoms with Crippen LogP contribution in [0, 0.1) is 5.82 Å². The minimum atomic E-state index is -1.04. The zero-order valence-electron chi connectivity index (χ0n) is 10.8. The summed E-state index contributed by atoms with van der Waals surface area (Å²) in [6, 6.07) is 6.07. The number of benzene rings is 1. The third-order valence-corrected chi connectivity index (χ3v) is 2.99. The summed E-state index contributed by atoms with van der Waals surface area (Å²) in [4.78, 5) is 11.7. The highest BCUT2D eigenvalue weighted by molar-refractivity contribution is 5.92. The zero-order chi connectivity index (χ0) is 14.3. The Morgan fingerprint density at radius 1 is 1.37 bits per heavy atom. The first-order chi connectivity index (χ1) is 9.06. The van der Waals surface area contributed by atoms with Crippen molar-refractivity contribution >= 4 is 12.0 Å². The number of halogens is 1. The van der Waals surface area contributed by atoms with E-state index in [0.29, 0.717) is 12.0 Å². The van der Waals surface area contributed by atoms with Crippen molar-refractivity contribution in [1.29, 1.82) is 0 Å². The summed E-state index contributed by atoms with van der Waals surface area (Å²) in [5, 5.41) is 20.9. The molecule has 4 nitrogen and oxygen atoms in total. The highest BCUT2D eigenvalue weighted by atomic mass is 19.1. The van der Waals surface area contributed by atoms with Crippen LogP contribution in [-0.2, 0) is 4.79 Å². The first-order valence-corrected chi connectivity index (χ1v) is 6.03. The van der Waals surface area contributed by atoms with Crippen molar-refractivity contribution < 1.29 is 19.4 Å². The molecule has 1 rings (SSSR count). The topological polar surface area (TPSA) is 69.6 Å². The second-order valence-electron chi connectivity index (χ2n) is 4.29. The Morgan fingerprint density at radius 3 is 2.53 bits per heavy atom. The molecule has 0 heterocycles. The predicted molar refractivity (Wildman–Crippen MR) is 70.8 cm³/mol. The number of hydrogen-bond donors (Lipinski definition) is 3. The summed E-state index contributed by atoms with van der Waals surface area (Å²) in [6.07, 6.45) is 2.91. The van der Waals surface area contributed by atoms with E-state index in [-0.39, 0.29) is 13.2 Å². The van der Waals surface area contributed by atoms with Crippen LogP contribution in [0.1, 0.15) is 18.9 Å². The average molecular weight is 267 g/mol. The van der Waals surface area contributed by atoms with Gasteiger partial charge in [-0.05, 0) is 18.6 Å². The standard InChI is InChI=1S/C14H18FNO3/c1-2-14(9-17,10-18)16-13(19)8-7-11-5-3-4-6-12(11)15/h3-8,17-18H,2,9-10H2,1H3,(H,16,19)/b8-7+. The van der Waals surface area contributed by atoms with Gasteiger partial charge in [0.1, 0.15) is 5.82 Å². The van der Waals surface area contributed by atoms with Gasteiger partial charge >= 0.3 is 0 Å². The highest BCUT2D eigenvalue weighted by Gasteiger charge is 2.27. The van der Waals surface area contributed by atoms with Gasteiger partial charge in [-0.25, -0.2) is 4.39 Å². The van der Waals surface area contributed by atoms with Crippen LogP contribution in [0.25, 0.3) is 6.08 Å². The van der Waals surface area contributed by atoms with Gasteiger partial charge in [0.25, 0.3) is 0 Å². The molecular formula is C14H18FNO3. The minimum Gasteiger partial charge on any atom is -0.394 e. The molecule has 0 radical (unpaired) electrons. The lowest BCUT2D eigenvalue weighted by Gasteiger charge is -2.29. The molecule has 0 aromatic heterocycles. The summed E-state index contributed by atoms with van der Waals surface area (Å²) < 4.78 is 13.3. The second-order valence-corrected chi connectivity index (χ2v) is 4.29. The molecule has 19 heavy (non-hydrogen) atoms. The number of rotatable bonds is 6. The number of hydrogen-bond acceptors (Lipinski definition) is 3. The molecule has 0 saturated carbocycles. The van der Waals surface area contributed by atoms with Crippen molar-refractivity contribution in [3.05, 3.63) is 41.7 Å². The summed E-state index contributed by atoms with van der Waals surface area (Å²) >= 11 is 0. The fraction of sp³-hybridized carbons (Fsp3) is 0.357. The Labute approximate surface area is 111 Å². The molecule has 1 aromatic carbocycles. The number of nitrogens with one attached hydrogen (secondary N) is 1. The molecule has 5 heteroatoms. The van der Waals surface area contributed by atoms with E-state index in [2.05, 4.69) is 5.32 Å². The van der Waals surface area contributed by atoms with Crippen molar-refractivity contribution in [1.82, 2.24) is 5.32 Å². The number of amides is 1. The maximum Gasteiger partial charge on any atom is 0.244 e. The van der Waals surface area contributed by atoms with Gasteiger partial charge in [0.15, 0.2) is 0 Å². The molecule has 3 N–H and O–H groups in total. The number of carbonyl (C=O) groups is 1. The van der Waals surface area contributed by atoms with E-state index >= 15 is 0 Å². The monoisotopic (exact) mass is 267 g/mol. The van der Waals surface area contributed by atoms with Crippen LogP contribution in [0.3, 0.4) is 0 Å². The number of aliphatic hydroxyl groups is 2. The quantitative estimate of drug-likeness (QED) is 0.676.